The molecule has 0 bridgehead atoms. The third-order valence-electron chi connectivity index (χ3n) is 0.943. The molecule has 0 saturated heterocycles. The number of nitrogens with zero attached hydrogens (tertiary/aromatic N) is 1. The van der Waals surface area contributed by atoms with E-state index in [4.69, 9.17) is 0 Å². The molecule has 0 aromatic carbocycles. The molecule has 1 rings (SSSR count). The van der Waals surface area contributed by atoms with Crippen LogP contribution in [0, 0.1) is 0 Å². The maximum atomic E-state index is 10.5. The van der Waals surface area contributed by atoms with Gasteiger partial charge in [0.1, 0.15) is 0 Å². The van der Waals surface area contributed by atoms with E-state index in [1.807, 2.05) is 0 Å². The Kier molecular flexibility index (Phi) is 1.53. The number of amides is 1. The van der Waals surface area contributed by atoms with Crippen LogP contribution in [0.2, 0.25) is 0 Å². The summed E-state index contributed by atoms with van der Waals surface area (Å²) in [6.07, 6.45) is 3.38. The number of Topliss-reactive ketones (excluding diaryl/α,β-unsaturated/α-hetero) is 1. The zero-order valence-corrected chi connectivity index (χ0v) is 4.90. The third kappa shape index (κ3) is 1.05. The first-order chi connectivity index (χ1) is 4.72. The molecule has 0 aliphatic carbocycles. The second-order valence-electron chi connectivity index (χ2n) is 1.64. The second-order valence-corrected chi connectivity index (χ2v) is 1.64. The molecule has 1 amide bonds. The summed E-state index contributed by atoms with van der Waals surface area (Å²) in [5.74, 6) is -2.90. The first-order valence-electron chi connectivity index (χ1n) is 2.55. The van der Waals surface area contributed by atoms with Crippen molar-refractivity contribution in [2.75, 3.05) is 0 Å². The average Bonchev–Trinajstić information content (AvgIpc) is 2.04. The van der Waals surface area contributed by atoms with Crippen molar-refractivity contribution in [3.63, 3.8) is 0 Å². The molecule has 0 spiro atoms. The number of allylic oxidation sites excluding steroid dienone is 2. The third-order valence-corrected chi connectivity index (χ3v) is 0.943. The van der Waals surface area contributed by atoms with Gasteiger partial charge in [0.25, 0.3) is 5.78 Å². The quantitative estimate of drug-likeness (QED) is 0.414. The van der Waals surface area contributed by atoms with E-state index < -0.39 is 17.5 Å². The fourth-order valence-electron chi connectivity index (χ4n) is 0.481. The van der Waals surface area contributed by atoms with Crippen molar-refractivity contribution in [2.24, 2.45) is 4.99 Å². The Labute approximate surface area is 56.2 Å². The van der Waals surface area contributed by atoms with Crippen molar-refractivity contribution in [1.29, 1.82) is 0 Å². The number of rotatable bonds is 0. The second kappa shape index (κ2) is 2.34. The maximum Gasteiger partial charge on any atom is 0.321 e. The fraction of sp³-hybridized carbons (Fsp3) is 0. The summed E-state index contributed by atoms with van der Waals surface area (Å²) in [6.45, 7) is 0. The predicted octanol–water partition coefficient (Wildman–Crippen LogP) is -0.708. The Hall–Kier alpha value is -1.58. The molecule has 0 unspecified atom stereocenters. The monoisotopic (exact) mass is 137 g/mol. The van der Waals surface area contributed by atoms with Gasteiger partial charge in [0, 0.05) is 6.21 Å². The number of hydrogen-bond donors (Lipinski definition) is 0. The Morgan fingerprint density at radius 1 is 1.20 bits per heavy atom. The fourth-order valence-corrected chi connectivity index (χ4v) is 0.481. The molecule has 0 atom stereocenters. The van der Waals surface area contributed by atoms with Crippen LogP contribution in [0.5, 0.6) is 0 Å². The summed E-state index contributed by atoms with van der Waals surface area (Å²) in [6, 6.07) is 0. The van der Waals surface area contributed by atoms with Crippen molar-refractivity contribution in [3.05, 3.63) is 12.2 Å². The van der Waals surface area contributed by atoms with Gasteiger partial charge in [-0.25, -0.2) is 4.99 Å². The van der Waals surface area contributed by atoms with Gasteiger partial charge in [0.2, 0.25) is 5.78 Å². The van der Waals surface area contributed by atoms with Gasteiger partial charge in [-0.15, -0.1) is 0 Å². The van der Waals surface area contributed by atoms with E-state index in [2.05, 4.69) is 4.99 Å². The summed E-state index contributed by atoms with van der Waals surface area (Å²) < 4.78 is 0. The molecule has 1 aliphatic rings. The summed E-state index contributed by atoms with van der Waals surface area (Å²) in [7, 11) is 0. The number of carbonyl (C=O) groups excluding carboxylic acids is 3. The lowest BCUT2D eigenvalue weighted by Gasteiger charge is -1.82. The lowest BCUT2D eigenvalue weighted by atomic mass is 10.2. The first-order valence-corrected chi connectivity index (χ1v) is 2.55. The maximum absolute atomic E-state index is 10.5. The summed E-state index contributed by atoms with van der Waals surface area (Å²) in [5.41, 5.74) is 0. The van der Waals surface area contributed by atoms with Gasteiger partial charge in [-0.3, -0.25) is 14.4 Å². The van der Waals surface area contributed by atoms with Gasteiger partial charge in [-0.05, 0) is 12.2 Å². The topological polar surface area (TPSA) is 63.6 Å². The summed E-state index contributed by atoms with van der Waals surface area (Å²) in [4.78, 5) is 34.5. The van der Waals surface area contributed by atoms with Crippen molar-refractivity contribution < 1.29 is 14.4 Å². The first kappa shape index (κ1) is 6.54. The van der Waals surface area contributed by atoms with E-state index in [-0.39, 0.29) is 0 Å². The van der Waals surface area contributed by atoms with Crippen molar-refractivity contribution in [2.45, 2.75) is 0 Å². The van der Waals surface area contributed by atoms with Gasteiger partial charge in [0.05, 0.1) is 0 Å². The van der Waals surface area contributed by atoms with Crippen LogP contribution in [0.3, 0.4) is 0 Å². The minimum absolute atomic E-state index is 0.817. The van der Waals surface area contributed by atoms with Crippen LogP contribution < -0.4 is 0 Å². The summed E-state index contributed by atoms with van der Waals surface area (Å²) in [5, 5.41) is 0. The highest BCUT2D eigenvalue weighted by Crippen LogP contribution is 1.88. The van der Waals surface area contributed by atoms with Gasteiger partial charge in [0.15, 0.2) is 0 Å². The number of carbonyl (C=O) groups is 3. The Morgan fingerprint density at radius 3 is 2.60 bits per heavy atom. The van der Waals surface area contributed by atoms with E-state index in [1.54, 1.807) is 0 Å². The largest absolute Gasteiger partial charge is 0.321 e. The molecule has 0 fully saturated rings. The Morgan fingerprint density at radius 2 is 1.90 bits per heavy atom. The van der Waals surface area contributed by atoms with Crippen LogP contribution in [0.15, 0.2) is 17.1 Å². The normalized spacial score (nSPS) is 17.8. The van der Waals surface area contributed by atoms with E-state index in [9.17, 15) is 14.4 Å². The molecule has 10 heavy (non-hydrogen) atoms. The van der Waals surface area contributed by atoms with Crippen molar-refractivity contribution in [1.82, 2.24) is 0 Å². The predicted molar refractivity (Wildman–Crippen MR) is 32.7 cm³/mol. The lowest BCUT2D eigenvalue weighted by molar-refractivity contribution is -0.141. The number of ketones is 2. The minimum Gasteiger partial charge on any atom is -0.285 e. The molecular weight excluding hydrogens is 134 g/mol. The van der Waals surface area contributed by atoms with Crippen LogP contribution in [-0.4, -0.2) is 23.7 Å². The molecule has 4 heteroatoms. The highest BCUT2D eigenvalue weighted by molar-refractivity contribution is 6.66. The Bertz CT molecular complexity index is 236. The molecule has 1 aliphatic heterocycles. The van der Waals surface area contributed by atoms with Gasteiger partial charge < -0.3 is 0 Å². The van der Waals surface area contributed by atoms with Crippen LogP contribution in [0.4, 0.5) is 0 Å². The Balaban J connectivity index is 3.01. The molecule has 0 aromatic rings. The van der Waals surface area contributed by atoms with Crippen LogP contribution >= 0.6 is 0 Å². The van der Waals surface area contributed by atoms with Crippen LogP contribution in [0.1, 0.15) is 0 Å². The average molecular weight is 137 g/mol. The molecule has 0 aromatic heterocycles. The molecular formula is C6H3NO3. The van der Waals surface area contributed by atoms with Gasteiger partial charge in [-0.2, -0.15) is 0 Å². The van der Waals surface area contributed by atoms with Gasteiger partial charge in [-0.1, -0.05) is 0 Å². The van der Waals surface area contributed by atoms with E-state index in [1.165, 1.54) is 6.08 Å². The van der Waals surface area contributed by atoms with Crippen LogP contribution in [0.25, 0.3) is 0 Å². The lowest BCUT2D eigenvalue weighted by Crippen LogP contribution is -2.18. The van der Waals surface area contributed by atoms with Gasteiger partial charge >= 0.3 is 5.91 Å². The van der Waals surface area contributed by atoms with Crippen molar-refractivity contribution in [3.8, 4) is 0 Å². The minimum atomic E-state index is -1.08. The smallest absolute Gasteiger partial charge is 0.285 e. The SMILES string of the molecule is O=C1C=CC=NC(=O)C1=O. The highest BCUT2D eigenvalue weighted by Gasteiger charge is 2.19. The van der Waals surface area contributed by atoms with E-state index >= 15 is 0 Å². The summed E-state index contributed by atoms with van der Waals surface area (Å²) >= 11 is 0. The molecule has 0 radical (unpaired) electrons. The standard InChI is InChI=1S/C6H3NO3/c8-4-2-1-3-7-6(10)5(4)9/h1-3H. The van der Waals surface area contributed by atoms with E-state index in [0.29, 0.717) is 0 Å². The zero-order valence-electron chi connectivity index (χ0n) is 4.90. The number of aliphatic imine (C=N–C) groups is 1. The number of hydrogen-bond acceptors (Lipinski definition) is 3. The van der Waals surface area contributed by atoms with Crippen molar-refractivity contribution >= 4 is 23.7 Å². The van der Waals surface area contributed by atoms with E-state index in [0.717, 1.165) is 12.3 Å². The highest BCUT2D eigenvalue weighted by atomic mass is 16.2. The van der Waals surface area contributed by atoms with Crippen LogP contribution in [-0.2, 0) is 14.4 Å². The zero-order chi connectivity index (χ0) is 7.56. The molecule has 4 nitrogen and oxygen atoms in total. The molecule has 0 N–H and O–H groups in total. The molecule has 50 valence electrons. The molecule has 0 saturated carbocycles. The molecule has 1 heterocycles.